The summed E-state index contributed by atoms with van der Waals surface area (Å²) in [5.41, 5.74) is 0.768. The number of nitro benzene ring substituents is 1. The third-order valence-corrected chi connectivity index (χ3v) is 4.93. The Morgan fingerprint density at radius 1 is 1.18 bits per heavy atom. The molecule has 9 nitrogen and oxygen atoms in total. The molecule has 0 radical (unpaired) electrons. The number of aryl methyl sites for hydroxylation is 1. The lowest BCUT2D eigenvalue weighted by molar-refractivity contribution is -0.384. The van der Waals surface area contributed by atoms with Crippen LogP contribution in [0.2, 0.25) is 0 Å². The number of nitrogens with one attached hydrogen (secondary N) is 1. The van der Waals surface area contributed by atoms with Crippen LogP contribution in [0.25, 0.3) is 10.9 Å². The number of aromatic nitrogens is 2. The molecule has 0 saturated heterocycles. The molecular formula is C19H16N4O5. The molecule has 0 unspecified atom stereocenters. The van der Waals surface area contributed by atoms with Crippen molar-refractivity contribution < 1.29 is 9.72 Å². The summed E-state index contributed by atoms with van der Waals surface area (Å²) in [5, 5.41) is 11.4. The largest absolute Gasteiger partial charge is 0.328 e. The van der Waals surface area contributed by atoms with Gasteiger partial charge in [0.25, 0.3) is 11.2 Å². The lowest BCUT2D eigenvalue weighted by atomic mass is 10.1. The van der Waals surface area contributed by atoms with Gasteiger partial charge in [-0.25, -0.2) is 4.79 Å². The summed E-state index contributed by atoms with van der Waals surface area (Å²) in [6.45, 7) is 0.534. The van der Waals surface area contributed by atoms with Gasteiger partial charge in [0.1, 0.15) is 0 Å². The van der Waals surface area contributed by atoms with Crippen LogP contribution in [0.15, 0.2) is 52.1 Å². The molecule has 3 aromatic rings. The summed E-state index contributed by atoms with van der Waals surface area (Å²) in [6, 6.07) is 11.2. The van der Waals surface area contributed by atoms with Gasteiger partial charge >= 0.3 is 5.69 Å². The third kappa shape index (κ3) is 2.96. The molecule has 1 N–H and O–H groups in total. The first-order valence-corrected chi connectivity index (χ1v) is 8.75. The van der Waals surface area contributed by atoms with E-state index in [2.05, 4.69) is 4.98 Å². The number of aromatic amines is 1. The Kier molecular flexibility index (Phi) is 4.26. The molecule has 1 aliphatic rings. The number of carbonyl (C=O) groups is 1. The van der Waals surface area contributed by atoms with Crippen molar-refractivity contribution in [3.8, 4) is 0 Å². The number of carbonyl (C=O) groups excluding carboxylic acids is 1. The molecule has 0 aliphatic carbocycles. The van der Waals surface area contributed by atoms with E-state index in [4.69, 9.17) is 0 Å². The molecule has 2 heterocycles. The number of rotatable bonds is 4. The van der Waals surface area contributed by atoms with Gasteiger partial charge in [-0.3, -0.25) is 29.3 Å². The summed E-state index contributed by atoms with van der Waals surface area (Å²) < 4.78 is 1.36. The topological polar surface area (TPSA) is 118 Å². The average molecular weight is 380 g/mol. The molecule has 1 aromatic heterocycles. The molecule has 0 bridgehead atoms. The Bertz CT molecular complexity index is 1230. The molecule has 0 spiro atoms. The number of nitro groups is 1. The number of fused-ring (bicyclic) bond motifs is 2. The van der Waals surface area contributed by atoms with E-state index in [0.717, 1.165) is 5.56 Å². The standard InChI is InChI=1S/C19H16N4O5/c24-17(21-9-7-12-5-6-13(23(27)28)11-16(12)21)8-10-22-15-4-2-1-3-14(15)18(25)20-19(22)26/h1-6,11H,7-10H2,(H,20,25,26). The smallest absolute Gasteiger partial charge is 0.312 e. The summed E-state index contributed by atoms with van der Waals surface area (Å²) in [5.74, 6) is -0.235. The minimum atomic E-state index is -0.575. The van der Waals surface area contributed by atoms with E-state index >= 15 is 0 Å². The van der Waals surface area contributed by atoms with Crippen molar-refractivity contribution >= 4 is 28.2 Å². The average Bonchev–Trinajstić information content (AvgIpc) is 3.11. The predicted molar refractivity (Wildman–Crippen MR) is 103 cm³/mol. The van der Waals surface area contributed by atoms with Crippen molar-refractivity contribution in [3.63, 3.8) is 0 Å². The van der Waals surface area contributed by atoms with E-state index in [1.807, 2.05) is 0 Å². The fraction of sp³-hybridized carbons (Fsp3) is 0.211. The number of amides is 1. The number of anilines is 1. The van der Waals surface area contributed by atoms with Crippen molar-refractivity contribution in [3.05, 3.63) is 79.0 Å². The summed E-state index contributed by atoms with van der Waals surface area (Å²) in [7, 11) is 0. The van der Waals surface area contributed by atoms with E-state index in [9.17, 15) is 24.5 Å². The van der Waals surface area contributed by atoms with Gasteiger partial charge in [-0.15, -0.1) is 0 Å². The maximum atomic E-state index is 12.7. The third-order valence-electron chi connectivity index (χ3n) is 4.93. The Balaban J connectivity index is 1.60. The Labute approximate surface area is 158 Å². The van der Waals surface area contributed by atoms with Crippen molar-refractivity contribution in [1.82, 2.24) is 9.55 Å². The minimum absolute atomic E-state index is 0.0259. The van der Waals surface area contributed by atoms with Gasteiger partial charge in [0.2, 0.25) is 5.91 Å². The van der Waals surface area contributed by atoms with Gasteiger partial charge in [0.15, 0.2) is 0 Å². The van der Waals surface area contributed by atoms with Crippen LogP contribution in [0.1, 0.15) is 12.0 Å². The molecule has 1 aliphatic heterocycles. The van der Waals surface area contributed by atoms with Crippen molar-refractivity contribution in [2.24, 2.45) is 0 Å². The summed E-state index contributed by atoms with van der Waals surface area (Å²) >= 11 is 0. The molecule has 1 amide bonds. The molecular weight excluding hydrogens is 364 g/mol. The molecule has 0 fully saturated rings. The number of hydrogen-bond donors (Lipinski definition) is 1. The minimum Gasteiger partial charge on any atom is -0.312 e. The highest BCUT2D eigenvalue weighted by Gasteiger charge is 2.26. The lowest BCUT2D eigenvalue weighted by Crippen LogP contribution is -2.34. The van der Waals surface area contributed by atoms with E-state index < -0.39 is 16.2 Å². The van der Waals surface area contributed by atoms with Gasteiger partial charge < -0.3 is 4.90 Å². The Hall–Kier alpha value is -3.75. The van der Waals surface area contributed by atoms with E-state index in [1.54, 1.807) is 30.3 Å². The summed E-state index contributed by atoms with van der Waals surface area (Å²) in [4.78, 5) is 51.2. The number of hydrogen-bond acceptors (Lipinski definition) is 5. The fourth-order valence-electron chi connectivity index (χ4n) is 3.55. The van der Waals surface area contributed by atoms with E-state index in [1.165, 1.54) is 21.6 Å². The van der Waals surface area contributed by atoms with Gasteiger partial charge in [-0.1, -0.05) is 18.2 Å². The van der Waals surface area contributed by atoms with Crippen LogP contribution in [0, 0.1) is 10.1 Å². The van der Waals surface area contributed by atoms with E-state index in [0.29, 0.717) is 29.6 Å². The van der Waals surface area contributed by atoms with Gasteiger partial charge in [0.05, 0.1) is 21.5 Å². The van der Waals surface area contributed by atoms with Crippen molar-refractivity contribution in [2.45, 2.75) is 19.4 Å². The normalized spacial score (nSPS) is 12.9. The zero-order valence-electron chi connectivity index (χ0n) is 14.8. The first-order chi connectivity index (χ1) is 13.5. The second-order valence-electron chi connectivity index (χ2n) is 6.54. The Morgan fingerprint density at radius 2 is 1.96 bits per heavy atom. The SMILES string of the molecule is O=C(CCn1c(=O)[nH]c(=O)c2ccccc21)N1CCc2ccc([N+](=O)[O-])cc21. The van der Waals surface area contributed by atoms with Crippen LogP contribution in [-0.2, 0) is 17.8 Å². The molecule has 0 atom stereocenters. The van der Waals surface area contributed by atoms with Crippen LogP contribution in [0.4, 0.5) is 11.4 Å². The molecule has 0 saturated carbocycles. The van der Waals surface area contributed by atoms with Gasteiger partial charge in [0, 0.05) is 31.6 Å². The fourth-order valence-corrected chi connectivity index (χ4v) is 3.55. The first kappa shape index (κ1) is 17.7. The van der Waals surface area contributed by atoms with E-state index in [-0.39, 0.29) is 24.6 Å². The van der Waals surface area contributed by atoms with Crippen LogP contribution in [-0.4, -0.2) is 26.9 Å². The lowest BCUT2D eigenvalue weighted by Gasteiger charge is -2.18. The zero-order chi connectivity index (χ0) is 19.8. The molecule has 28 heavy (non-hydrogen) atoms. The van der Waals surface area contributed by atoms with Crippen molar-refractivity contribution in [1.29, 1.82) is 0 Å². The quantitative estimate of drug-likeness (QED) is 0.544. The summed E-state index contributed by atoms with van der Waals surface area (Å²) in [6.07, 6.45) is 0.651. The second kappa shape index (κ2) is 6.76. The molecule has 9 heteroatoms. The molecule has 142 valence electrons. The van der Waals surface area contributed by atoms with Crippen molar-refractivity contribution in [2.75, 3.05) is 11.4 Å². The zero-order valence-corrected chi connectivity index (χ0v) is 14.8. The number of benzene rings is 2. The number of para-hydroxylation sites is 1. The first-order valence-electron chi connectivity index (χ1n) is 8.75. The molecule has 2 aromatic carbocycles. The van der Waals surface area contributed by atoms with Crippen LogP contribution in [0.3, 0.4) is 0 Å². The van der Waals surface area contributed by atoms with Crippen LogP contribution in [0.5, 0.6) is 0 Å². The highest BCUT2D eigenvalue weighted by atomic mass is 16.6. The maximum Gasteiger partial charge on any atom is 0.328 e. The number of nitrogens with zero attached hydrogens (tertiary/aromatic N) is 3. The monoisotopic (exact) mass is 380 g/mol. The van der Waals surface area contributed by atoms with Crippen LogP contribution < -0.4 is 16.1 Å². The van der Waals surface area contributed by atoms with Crippen LogP contribution >= 0.6 is 0 Å². The predicted octanol–water partition coefficient (Wildman–Crippen LogP) is 1.58. The second-order valence-corrected chi connectivity index (χ2v) is 6.54. The number of non-ortho nitro benzene ring substituents is 1. The highest BCUT2D eigenvalue weighted by molar-refractivity contribution is 5.96. The number of H-pyrrole nitrogens is 1. The van der Waals surface area contributed by atoms with Gasteiger partial charge in [-0.2, -0.15) is 0 Å². The molecule has 4 rings (SSSR count). The Morgan fingerprint density at radius 3 is 2.75 bits per heavy atom. The van der Waals surface area contributed by atoms with Gasteiger partial charge in [-0.05, 0) is 24.1 Å². The highest BCUT2D eigenvalue weighted by Crippen LogP contribution is 2.32. The maximum absolute atomic E-state index is 12.7.